The Kier molecular flexibility index (Phi) is 6.54. The summed E-state index contributed by atoms with van der Waals surface area (Å²) in [5.41, 5.74) is 12.1. The first-order valence-electron chi connectivity index (χ1n) is 18.8. The van der Waals surface area contributed by atoms with Gasteiger partial charge in [0, 0.05) is 53.1 Å². The molecule has 0 N–H and O–H groups in total. The van der Waals surface area contributed by atoms with Gasteiger partial charge in [0.2, 0.25) is 0 Å². The van der Waals surface area contributed by atoms with Crippen LogP contribution in [0.25, 0.3) is 108 Å². The average Bonchev–Trinajstić information content (AvgIpc) is 3.90. The summed E-state index contributed by atoms with van der Waals surface area (Å²) >= 11 is 1.87. The quantitative estimate of drug-likeness (QED) is 0.172. The van der Waals surface area contributed by atoms with E-state index in [4.69, 9.17) is 0 Å². The van der Waals surface area contributed by atoms with E-state index < -0.39 is 0 Å². The Balaban J connectivity index is 0.978. The van der Waals surface area contributed by atoms with E-state index in [1.807, 2.05) is 11.3 Å². The summed E-state index contributed by atoms with van der Waals surface area (Å²) in [5.74, 6) is 0. The smallest absolute Gasteiger partial charge is 0.0541 e. The predicted octanol–water partition coefficient (Wildman–Crippen LogP) is 14.7. The minimum absolute atomic E-state index is 1.16. The number of thiophene rings is 1. The highest BCUT2D eigenvalue weighted by molar-refractivity contribution is 7.25. The average molecular weight is 717 g/mol. The number of fused-ring (bicyclic) bond motifs is 10. The SMILES string of the molecule is c1ccc2c(-c3ccc(-n4c5ccccc5c5cc(-c6ccc7c(c6)c6ccccc6n7-c6ccc7c(c6)sc6ccccc67)ccc54)cc3)cccc2c1. The molecule has 55 heavy (non-hydrogen) atoms. The highest BCUT2D eigenvalue weighted by atomic mass is 32.1. The van der Waals surface area contributed by atoms with E-state index in [1.54, 1.807) is 0 Å². The molecule has 0 fully saturated rings. The minimum atomic E-state index is 1.16. The molecule has 12 rings (SSSR count). The third-order valence-electron chi connectivity index (χ3n) is 11.5. The summed E-state index contributed by atoms with van der Waals surface area (Å²) < 4.78 is 7.48. The van der Waals surface area contributed by atoms with Gasteiger partial charge < -0.3 is 9.13 Å². The minimum Gasteiger partial charge on any atom is -0.309 e. The monoisotopic (exact) mass is 716 g/mol. The molecule has 0 saturated carbocycles. The zero-order valence-corrected chi connectivity index (χ0v) is 30.6. The van der Waals surface area contributed by atoms with Crippen LogP contribution in [0.3, 0.4) is 0 Å². The molecule has 0 bridgehead atoms. The number of nitrogens with zero attached hydrogens (tertiary/aromatic N) is 2. The van der Waals surface area contributed by atoms with Crippen molar-refractivity contribution >= 4 is 85.9 Å². The van der Waals surface area contributed by atoms with Gasteiger partial charge in [-0.1, -0.05) is 127 Å². The second-order valence-corrected chi connectivity index (χ2v) is 15.6. The molecule has 0 saturated heterocycles. The second kappa shape index (κ2) is 11.8. The number of rotatable bonds is 4. The van der Waals surface area contributed by atoms with Gasteiger partial charge in [0.25, 0.3) is 0 Å². The van der Waals surface area contributed by atoms with Crippen LogP contribution in [0.1, 0.15) is 0 Å². The van der Waals surface area contributed by atoms with Crippen LogP contribution in [0.5, 0.6) is 0 Å². The molecule has 12 aromatic rings. The normalized spacial score (nSPS) is 12.0. The second-order valence-electron chi connectivity index (χ2n) is 14.5. The van der Waals surface area contributed by atoms with Gasteiger partial charge in [0.05, 0.1) is 22.1 Å². The summed E-state index contributed by atoms with van der Waals surface area (Å²) in [6.07, 6.45) is 0. The standard InChI is InChI=1S/C52H32N2S/c1-2-12-39-33(10-1)11-9-16-40(39)34-20-24-37(25-21-34)53-47-17-6-3-13-41(47)45-30-35(22-28-49(45)53)36-23-29-50-46(31-36)42-14-4-7-18-48(42)54(50)38-26-27-44-43-15-5-8-19-51(43)55-52(44)32-38/h1-32H. The molecule has 0 amide bonds. The Bertz CT molecular complexity index is 3480. The fourth-order valence-corrected chi connectivity index (χ4v) is 10.1. The molecule has 0 aliphatic rings. The lowest BCUT2D eigenvalue weighted by Crippen LogP contribution is -1.94. The molecule has 3 heteroatoms. The lowest BCUT2D eigenvalue weighted by molar-refractivity contribution is 1.18. The van der Waals surface area contributed by atoms with E-state index in [0.717, 1.165) is 5.69 Å². The molecule has 2 nitrogen and oxygen atoms in total. The van der Waals surface area contributed by atoms with Crippen LogP contribution in [-0.2, 0) is 0 Å². The fraction of sp³-hybridized carbons (Fsp3) is 0. The highest BCUT2D eigenvalue weighted by Crippen LogP contribution is 2.40. The van der Waals surface area contributed by atoms with Gasteiger partial charge in [-0.15, -0.1) is 11.3 Å². The summed E-state index contributed by atoms with van der Waals surface area (Å²) in [7, 11) is 0. The third kappa shape index (κ3) is 4.60. The predicted molar refractivity (Wildman–Crippen MR) is 236 cm³/mol. The zero-order chi connectivity index (χ0) is 36.0. The molecule has 256 valence electrons. The van der Waals surface area contributed by atoms with Crippen molar-refractivity contribution in [2.45, 2.75) is 0 Å². The highest BCUT2D eigenvalue weighted by Gasteiger charge is 2.17. The maximum absolute atomic E-state index is 2.43. The summed E-state index contributed by atoms with van der Waals surface area (Å²) in [5, 5.41) is 10.2. The first-order chi connectivity index (χ1) is 27.3. The van der Waals surface area contributed by atoms with E-state index in [0.29, 0.717) is 0 Å². The van der Waals surface area contributed by atoms with Crippen molar-refractivity contribution in [3.8, 4) is 33.6 Å². The maximum Gasteiger partial charge on any atom is 0.0541 e. The molecule has 3 heterocycles. The van der Waals surface area contributed by atoms with Crippen LogP contribution in [0.2, 0.25) is 0 Å². The summed E-state index contributed by atoms with van der Waals surface area (Å²) in [4.78, 5) is 0. The summed E-state index contributed by atoms with van der Waals surface area (Å²) in [6.45, 7) is 0. The van der Waals surface area contributed by atoms with E-state index >= 15 is 0 Å². The number of hydrogen-bond acceptors (Lipinski definition) is 1. The number of hydrogen-bond donors (Lipinski definition) is 0. The topological polar surface area (TPSA) is 9.86 Å². The molecule has 0 unspecified atom stereocenters. The third-order valence-corrected chi connectivity index (χ3v) is 12.7. The molecule has 0 spiro atoms. The first kappa shape index (κ1) is 30.5. The van der Waals surface area contributed by atoms with Crippen molar-refractivity contribution in [2.75, 3.05) is 0 Å². The van der Waals surface area contributed by atoms with Crippen molar-refractivity contribution in [2.24, 2.45) is 0 Å². The van der Waals surface area contributed by atoms with Crippen molar-refractivity contribution in [3.05, 3.63) is 194 Å². The molecule has 9 aromatic carbocycles. The summed E-state index contributed by atoms with van der Waals surface area (Å²) in [6, 6.07) is 71.5. The van der Waals surface area contributed by atoms with Crippen LogP contribution in [0.15, 0.2) is 194 Å². The number of aromatic nitrogens is 2. The van der Waals surface area contributed by atoms with Crippen molar-refractivity contribution in [1.82, 2.24) is 9.13 Å². The molecule has 3 aromatic heterocycles. The van der Waals surface area contributed by atoms with E-state index in [1.165, 1.54) is 102 Å². The van der Waals surface area contributed by atoms with Crippen molar-refractivity contribution < 1.29 is 0 Å². The van der Waals surface area contributed by atoms with Crippen molar-refractivity contribution in [1.29, 1.82) is 0 Å². The molecule has 0 aliphatic heterocycles. The number of benzene rings is 9. The lowest BCUT2D eigenvalue weighted by atomic mass is 9.98. The Morgan fingerprint density at radius 1 is 0.291 bits per heavy atom. The molecular weight excluding hydrogens is 685 g/mol. The van der Waals surface area contributed by atoms with Gasteiger partial charge >= 0.3 is 0 Å². The fourth-order valence-electron chi connectivity index (χ4n) is 8.98. The molecule has 0 aliphatic carbocycles. The van der Waals surface area contributed by atoms with Crippen molar-refractivity contribution in [3.63, 3.8) is 0 Å². The van der Waals surface area contributed by atoms with E-state index in [9.17, 15) is 0 Å². The zero-order valence-electron chi connectivity index (χ0n) is 29.8. The van der Waals surface area contributed by atoms with E-state index in [2.05, 4.69) is 203 Å². The van der Waals surface area contributed by atoms with Gasteiger partial charge in [0.15, 0.2) is 0 Å². The van der Waals surface area contributed by atoms with Crippen LogP contribution in [0, 0.1) is 0 Å². The van der Waals surface area contributed by atoms with Gasteiger partial charge in [-0.3, -0.25) is 0 Å². The van der Waals surface area contributed by atoms with Gasteiger partial charge in [-0.05, 0) is 99.8 Å². The van der Waals surface area contributed by atoms with Crippen LogP contribution < -0.4 is 0 Å². The Labute approximate surface area is 321 Å². The van der Waals surface area contributed by atoms with Gasteiger partial charge in [-0.2, -0.15) is 0 Å². The Hall–Kier alpha value is -6.94. The van der Waals surface area contributed by atoms with E-state index in [-0.39, 0.29) is 0 Å². The van der Waals surface area contributed by atoms with Crippen LogP contribution in [0.4, 0.5) is 0 Å². The molecule has 0 radical (unpaired) electrons. The Morgan fingerprint density at radius 2 is 0.800 bits per heavy atom. The van der Waals surface area contributed by atoms with Crippen LogP contribution >= 0.6 is 11.3 Å². The first-order valence-corrected chi connectivity index (χ1v) is 19.7. The van der Waals surface area contributed by atoms with Gasteiger partial charge in [0.1, 0.15) is 0 Å². The lowest BCUT2D eigenvalue weighted by Gasteiger charge is -2.11. The maximum atomic E-state index is 2.43. The molecule has 0 atom stereocenters. The molecular formula is C52H32N2S. The largest absolute Gasteiger partial charge is 0.309 e. The van der Waals surface area contributed by atoms with Crippen LogP contribution in [-0.4, -0.2) is 9.13 Å². The Morgan fingerprint density at radius 3 is 1.51 bits per heavy atom. The van der Waals surface area contributed by atoms with Gasteiger partial charge in [-0.25, -0.2) is 0 Å². The number of para-hydroxylation sites is 2.